The number of methoxy groups -OCH3 is 1. The van der Waals surface area contributed by atoms with Gasteiger partial charge >= 0.3 is 5.97 Å². The molecule has 0 radical (unpaired) electrons. The Kier molecular flexibility index (Phi) is 19.3. The summed E-state index contributed by atoms with van der Waals surface area (Å²) in [5.41, 5.74) is -0.554. The summed E-state index contributed by atoms with van der Waals surface area (Å²) in [5, 5.41) is 76.7. The molecule has 3 saturated heterocycles. The molecule has 2 aromatic rings. The van der Waals surface area contributed by atoms with Crippen molar-refractivity contribution in [3.05, 3.63) is 36.0 Å². The second-order valence-corrected chi connectivity index (χ2v) is 21.0. The average molecular weight is 979 g/mol. The highest BCUT2D eigenvalue weighted by Crippen LogP contribution is 2.40. The van der Waals surface area contributed by atoms with Crippen molar-refractivity contribution >= 4 is 11.9 Å². The molecule has 69 heavy (non-hydrogen) atoms. The molecule has 0 saturated carbocycles. The molecular formula is C49H82N6O14. The number of aryl methyl sites for hydroxylation is 1. The number of likely N-dealkylation sites (N-methyl/N-ethyl adjacent to an activating group) is 2. The Labute approximate surface area is 407 Å². The number of rotatable bonds is 13. The molecule has 20 heteroatoms. The van der Waals surface area contributed by atoms with E-state index in [9.17, 15) is 35.1 Å². The summed E-state index contributed by atoms with van der Waals surface area (Å²) < 4.78 is 39.8. The molecule has 5 rings (SSSR count). The Morgan fingerprint density at radius 3 is 2.28 bits per heavy atom. The van der Waals surface area contributed by atoms with Crippen LogP contribution in [0.4, 0.5) is 0 Å². The summed E-state index contributed by atoms with van der Waals surface area (Å²) in [6, 6.07) is 6.74. The summed E-state index contributed by atoms with van der Waals surface area (Å²) in [4.78, 5) is 29.9. The summed E-state index contributed by atoms with van der Waals surface area (Å²) in [5.74, 6) is -3.35. The number of aromatic nitrogens is 3. The van der Waals surface area contributed by atoms with Gasteiger partial charge in [-0.1, -0.05) is 50.3 Å². The number of nitrogens with one attached hydrogen (secondary N) is 1. The minimum Gasteiger partial charge on any atom is -0.459 e. The summed E-state index contributed by atoms with van der Waals surface area (Å²) in [6.45, 7) is 18.6. The number of benzene rings is 1. The van der Waals surface area contributed by atoms with Gasteiger partial charge in [0.15, 0.2) is 12.6 Å². The van der Waals surface area contributed by atoms with Crippen molar-refractivity contribution in [2.75, 3.05) is 27.7 Å². The largest absolute Gasteiger partial charge is 0.459 e. The molecule has 3 aliphatic heterocycles. The SMILES string of the molecule is CC[C@H]1OC(=O)[C@@H](C)[C@H](O[C@H]2C[C@@](C)(OC)[C@@H](O)[C@H](C)O2)[C@H](C)[C@H](O[C@H]2O[C@@H](C)C[C@@H](N(C)Cc3ccc(-c4cn(CCC(=O)NO)nn4)cc3)[C@@H]2O)[C@@](C)(O)C[C@H](C)CN(C)[C@@H](C)[C@H](O)[C@@]1(C)O. The van der Waals surface area contributed by atoms with E-state index in [1.54, 1.807) is 60.1 Å². The fourth-order valence-corrected chi connectivity index (χ4v) is 10.7. The Hall–Kier alpha value is -3.22. The topological polar surface area (TPSA) is 260 Å². The summed E-state index contributed by atoms with van der Waals surface area (Å²) in [6.07, 6.45) is -7.46. The predicted molar refractivity (Wildman–Crippen MR) is 252 cm³/mol. The summed E-state index contributed by atoms with van der Waals surface area (Å²) in [7, 11) is 5.24. The van der Waals surface area contributed by atoms with E-state index in [2.05, 4.69) is 10.3 Å². The van der Waals surface area contributed by atoms with E-state index in [1.807, 2.05) is 62.0 Å². The molecule has 1 amide bonds. The van der Waals surface area contributed by atoms with Crippen LogP contribution in [0, 0.1) is 17.8 Å². The maximum absolute atomic E-state index is 14.5. The van der Waals surface area contributed by atoms with Gasteiger partial charge in [-0.05, 0) is 93.3 Å². The van der Waals surface area contributed by atoms with Gasteiger partial charge in [0.25, 0.3) is 0 Å². The molecule has 18 atom stereocenters. The number of carbonyl (C=O) groups is 2. The Morgan fingerprint density at radius 2 is 1.65 bits per heavy atom. The van der Waals surface area contributed by atoms with Crippen molar-refractivity contribution in [2.45, 2.75) is 205 Å². The molecule has 3 fully saturated rings. The minimum absolute atomic E-state index is 0.0430. The first-order valence-electron chi connectivity index (χ1n) is 24.5. The van der Waals surface area contributed by atoms with E-state index >= 15 is 0 Å². The van der Waals surface area contributed by atoms with Crippen LogP contribution < -0.4 is 5.48 Å². The lowest BCUT2D eigenvalue weighted by atomic mass is 9.77. The Morgan fingerprint density at radius 1 is 0.986 bits per heavy atom. The lowest BCUT2D eigenvalue weighted by Gasteiger charge is -2.49. The number of nitrogens with zero attached hydrogens (tertiary/aromatic N) is 5. The zero-order valence-corrected chi connectivity index (χ0v) is 42.9. The van der Waals surface area contributed by atoms with E-state index in [-0.39, 0.29) is 44.2 Å². The quantitative estimate of drug-likeness (QED) is 0.0865. The number of ether oxygens (including phenoxy) is 6. The molecule has 0 spiro atoms. The van der Waals surface area contributed by atoms with Gasteiger partial charge in [-0.25, -0.2) is 5.48 Å². The van der Waals surface area contributed by atoms with Crippen LogP contribution >= 0.6 is 0 Å². The first-order chi connectivity index (χ1) is 32.3. The van der Waals surface area contributed by atoms with Crippen LogP contribution in [0.2, 0.25) is 0 Å². The fraction of sp³-hybridized carbons (Fsp3) is 0.796. The third kappa shape index (κ3) is 13.4. The van der Waals surface area contributed by atoms with Crippen LogP contribution in [0.25, 0.3) is 11.3 Å². The number of cyclic esters (lactones) is 1. The van der Waals surface area contributed by atoms with Crippen LogP contribution in [0.1, 0.15) is 107 Å². The van der Waals surface area contributed by atoms with E-state index in [1.165, 1.54) is 18.7 Å². The van der Waals surface area contributed by atoms with Gasteiger partial charge in [-0.3, -0.25) is 24.4 Å². The third-order valence-electron chi connectivity index (χ3n) is 15.0. The first-order valence-corrected chi connectivity index (χ1v) is 24.5. The van der Waals surface area contributed by atoms with Crippen LogP contribution in [-0.2, 0) is 51.1 Å². The molecule has 3 aliphatic rings. The smallest absolute Gasteiger partial charge is 0.311 e. The molecule has 0 bridgehead atoms. The number of aliphatic hydroxyl groups is 5. The highest BCUT2D eigenvalue weighted by molar-refractivity contribution is 5.74. The molecular weight excluding hydrogens is 897 g/mol. The number of amides is 1. The van der Waals surface area contributed by atoms with Gasteiger partial charge in [0.2, 0.25) is 5.91 Å². The average Bonchev–Trinajstić information content (AvgIpc) is 3.78. The van der Waals surface area contributed by atoms with Crippen molar-refractivity contribution in [3.8, 4) is 11.3 Å². The molecule has 7 N–H and O–H groups in total. The van der Waals surface area contributed by atoms with Gasteiger partial charge in [0, 0.05) is 56.6 Å². The fourth-order valence-electron chi connectivity index (χ4n) is 10.7. The molecule has 1 aromatic carbocycles. The van der Waals surface area contributed by atoms with Gasteiger partial charge < -0.3 is 58.9 Å². The van der Waals surface area contributed by atoms with Crippen molar-refractivity contribution in [2.24, 2.45) is 17.8 Å². The molecule has 1 aromatic heterocycles. The van der Waals surface area contributed by atoms with Crippen LogP contribution in [0.5, 0.6) is 0 Å². The van der Waals surface area contributed by atoms with Gasteiger partial charge in [0.05, 0.1) is 54.3 Å². The molecule has 20 nitrogen and oxygen atoms in total. The summed E-state index contributed by atoms with van der Waals surface area (Å²) >= 11 is 0. The number of carbonyl (C=O) groups excluding carboxylic acids is 2. The van der Waals surface area contributed by atoms with Crippen molar-refractivity contribution in [1.82, 2.24) is 30.3 Å². The van der Waals surface area contributed by atoms with E-state index in [0.29, 0.717) is 25.2 Å². The zero-order valence-electron chi connectivity index (χ0n) is 42.9. The van der Waals surface area contributed by atoms with Gasteiger partial charge in [-0.15, -0.1) is 5.10 Å². The molecule has 0 unspecified atom stereocenters. The van der Waals surface area contributed by atoms with Crippen LogP contribution in [0.3, 0.4) is 0 Å². The van der Waals surface area contributed by atoms with E-state index < -0.39 is 108 Å². The third-order valence-corrected chi connectivity index (χ3v) is 15.0. The van der Waals surface area contributed by atoms with Gasteiger partial charge in [0.1, 0.15) is 35.7 Å². The van der Waals surface area contributed by atoms with Crippen molar-refractivity contribution in [1.29, 1.82) is 0 Å². The number of hydroxylamine groups is 1. The van der Waals surface area contributed by atoms with Crippen LogP contribution in [-0.4, -0.2) is 185 Å². The highest BCUT2D eigenvalue weighted by atomic mass is 16.7. The van der Waals surface area contributed by atoms with E-state index in [0.717, 1.165) is 11.1 Å². The number of esters is 1. The Balaban J connectivity index is 1.46. The molecule has 0 aliphatic carbocycles. The lowest BCUT2D eigenvalue weighted by molar-refractivity contribution is -0.318. The molecule has 4 heterocycles. The predicted octanol–water partition coefficient (Wildman–Crippen LogP) is 2.63. The number of hydrogen-bond donors (Lipinski definition) is 7. The molecule has 392 valence electrons. The van der Waals surface area contributed by atoms with Gasteiger partial charge in [-0.2, -0.15) is 0 Å². The second-order valence-electron chi connectivity index (χ2n) is 21.0. The second kappa shape index (κ2) is 23.6. The van der Waals surface area contributed by atoms with E-state index in [4.69, 9.17) is 33.6 Å². The zero-order chi connectivity index (χ0) is 51.3. The van der Waals surface area contributed by atoms with Crippen molar-refractivity contribution < 1.29 is 68.8 Å². The highest BCUT2D eigenvalue weighted by Gasteiger charge is 2.53. The maximum atomic E-state index is 14.5. The number of hydrogen-bond acceptors (Lipinski definition) is 18. The maximum Gasteiger partial charge on any atom is 0.311 e. The minimum atomic E-state index is -1.84. The lowest BCUT2D eigenvalue weighted by Crippen LogP contribution is -2.60. The van der Waals surface area contributed by atoms with Crippen molar-refractivity contribution in [3.63, 3.8) is 0 Å². The normalized spacial score (nSPS) is 40.2. The number of aliphatic hydroxyl groups excluding tert-OH is 3. The first kappa shape index (κ1) is 56.7. The van der Waals surface area contributed by atoms with Crippen LogP contribution in [0.15, 0.2) is 30.5 Å². The standard InChI is InChI=1S/C49H82N6O14/c1-14-37-49(10,62)42(58)31(6)53(11)24-27(2)22-47(8,61)44(29(4)41(30(5)45(60)67-37)68-39-23-48(9,64-13)43(59)32(7)66-39)69-46-40(57)36(21-28(3)65-46)54(12)25-33-15-17-34(18-16-33)35-26-55(52-50-35)20-19-38(56)51-63/h15-18,26-32,36-37,39-44,46,57-59,61-63H,14,19-25H2,1-13H3,(H,51,56)/t27-,28-,29-,30-,31-,32-,36+,37+,39-,40-,41+,42-,43-,44-,46+,47-,48+,49-/m0/s1. The Bertz CT molecular complexity index is 1960. The monoisotopic (exact) mass is 979 g/mol.